The Bertz CT molecular complexity index is 1160. The van der Waals surface area contributed by atoms with Crippen molar-refractivity contribution < 1.29 is 14.5 Å². The zero-order valence-corrected chi connectivity index (χ0v) is 18.4. The maximum Gasteiger partial charge on any atom is 0.271 e. The molecule has 1 N–H and O–H groups in total. The van der Waals surface area contributed by atoms with Crippen LogP contribution in [0.4, 0.5) is 17.2 Å². The summed E-state index contributed by atoms with van der Waals surface area (Å²) >= 11 is 1.29. The number of piperidine rings is 1. The van der Waals surface area contributed by atoms with Gasteiger partial charge < -0.3 is 15.0 Å². The van der Waals surface area contributed by atoms with E-state index in [1.165, 1.54) is 43.1 Å². The van der Waals surface area contributed by atoms with Crippen LogP contribution in [0.5, 0.6) is 5.75 Å². The lowest BCUT2D eigenvalue weighted by molar-refractivity contribution is -0.384. The number of hydrogen-bond donors (Lipinski definition) is 1. The number of nitro benzene ring substituents is 1. The lowest BCUT2D eigenvalue weighted by atomic mass is 10.0. The second-order valence-corrected chi connectivity index (χ2v) is 8.57. The quantitative estimate of drug-likeness (QED) is 0.457. The van der Waals surface area contributed by atoms with Crippen LogP contribution in [0.2, 0.25) is 0 Å². The number of methoxy groups -OCH3 is 1. The molecule has 9 nitrogen and oxygen atoms in total. The third kappa shape index (κ3) is 3.90. The lowest BCUT2D eigenvalue weighted by Gasteiger charge is -2.34. The van der Waals surface area contributed by atoms with Gasteiger partial charge in [0.25, 0.3) is 11.6 Å². The van der Waals surface area contributed by atoms with Gasteiger partial charge in [-0.3, -0.25) is 14.9 Å². The van der Waals surface area contributed by atoms with Crippen LogP contribution in [0.15, 0.2) is 24.5 Å². The molecule has 0 radical (unpaired) electrons. The maximum absolute atomic E-state index is 13.1. The molecule has 1 aromatic carbocycles. The van der Waals surface area contributed by atoms with Crippen molar-refractivity contribution in [3.8, 4) is 5.75 Å². The Labute approximate surface area is 183 Å². The summed E-state index contributed by atoms with van der Waals surface area (Å²) in [6, 6.07) is 4.46. The second kappa shape index (κ2) is 8.46. The number of nitrogens with one attached hydrogen (secondary N) is 1. The zero-order valence-electron chi connectivity index (χ0n) is 17.5. The summed E-state index contributed by atoms with van der Waals surface area (Å²) in [7, 11) is 1.45. The first kappa shape index (κ1) is 21.0. The molecule has 10 heteroatoms. The number of nitro groups is 1. The highest BCUT2D eigenvalue weighted by molar-refractivity contribution is 7.20. The molecular formula is C21H23N5O4S. The summed E-state index contributed by atoms with van der Waals surface area (Å²) < 4.78 is 5.25. The van der Waals surface area contributed by atoms with Crippen LogP contribution < -0.4 is 15.0 Å². The summed E-state index contributed by atoms with van der Waals surface area (Å²) in [5, 5.41) is 14.8. The minimum absolute atomic E-state index is 0.128. The van der Waals surface area contributed by atoms with Gasteiger partial charge in [0.2, 0.25) is 0 Å². The number of benzene rings is 1. The van der Waals surface area contributed by atoms with Gasteiger partial charge >= 0.3 is 0 Å². The van der Waals surface area contributed by atoms with Crippen LogP contribution in [0, 0.1) is 17.0 Å². The molecule has 3 heterocycles. The fraction of sp³-hybridized carbons (Fsp3) is 0.381. The van der Waals surface area contributed by atoms with Crippen LogP contribution in [0.25, 0.3) is 10.2 Å². The van der Waals surface area contributed by atoms with Crippen molar-refractivity contribution >= 4 is 44.7 Å². The van der Waals surface area contributed by atoms with E-state index in [1.54, 1.807) is 6.33 Å². The average molecular weight is 442 g/mol. The Morgan fingerprint density at radius 2 is 2.16 bits per heavy atom. The molecule has 31 heavy (non-hydrogen) atoms. The number of ether oxygens (including phenoxy) is 1. The number of amides is 1. The van der Waals surface area contributed by atoms with E-state index in [4.69, 9.17) is 4.74 Å². The largest absolute Gasteiger partial charge is 0.495 e. The van der Waals surface area contributed by atoms with Gasteiger partial charge in [-0.25, -0.2) is 9.97 Å². The lowest BCUT2D eigenvalue weighted by Crippen LogP contribution is -2.38. The summed E-state index contributed by atoms with van der Waals surface area (Å²) in [5.41, 5.74) is 0.918. The Kier molecular flexibility index (Phi) is 5.73. The molecule has 0 spiro atoms. The van der Waals surface area contributed by atoms with E-state index in [0.717, 1.165) is 41.0 Å². The van der Waals surface area contributed by atoms with Crippen molar-refractivity contribution in [2.45, 2.75) is 39.2 Å². The molecule has 0 saturated carbocycles. The number of aromatic nitrogens is 2. The zero-order chi connectivity index (χ0) is 22.1. The first-order valence-corrected chi connectivity index (χ1v) is 10.9. The highest BCUT2D eigenvalue weighted by Gasteiger charge is 2.26. The van der Waals surface area contributed by atoms with Gasteiger partial charge in [0.05, 0.1) is 28.0 Å². The van der Waals surface area contributed by atoms with Crippen molar-refractivity contribution in [3.05, 3.63) is 45.1 Å². The SMILES string of the molecule is COc1ccc([N+](=O)[O-])cc1NC(=O)c1sc2ncnc(N3CCCC[C@H]3C)c2c1C. The Morgan fingerprint density at radius 1 is 1.35 bits per heavy atom. The van der Waals surface area contributed by atoms with Gasteiger partial charge in [0, 0.05) is 24.7 Å². The predicted octanol–water partition coefficient (Wildman–Crippen LogP) is 4.55. The fourth-order valence-corrected chi connectivity index (χ4v) is 5.02. The fourth-order valence-electron chi connectivity index (χ4n) is 3.99. The molecule has 4 rings (SSSR count). The van der Waals surface area contributed by atoms with Crippen LogP contribution in [-0.2, 0) is 0 Å². The summed E-state index contributed by atoms with van der Waals surface area (Å²) in [5.74, 6) is 0.843. The molecule has 1 atom stereocenters. The number of hydrogen-bond acceptors (Lipinski definition) is 8. The number of carbonyl (C=O) groups excluding carboxylic acids is 1. The van der Waals surface area contributed by atoms with Crippen LogP contribution in [-0.4, -0.2) is 40.5 Å². The van der Waals surface area contributed by atoms with Crippen molar-refractivity contribution in [2.24, 2.45) is 0 Å². The van der Waals surface area contributed by atoms with Gasteiger partial charge in [-0.05, 0) is 44.7 Å². The molecule has 0 unspecified atom stereocenters. The molecule has 2 aromatic heterocycles. The first-order chi connectivity index (χ1) is 14.9. The minimum atomic E-state index is -0.512. The van der Waals surface area contributed by atoms with Gasteiger partial charge in [-0.15, -0.1) is 11.3 Å². The van der Waals surface area contributed by atoms with E-state index < -0.39 is 4.92 Å². The molecule has 1 amide bonds. The number of rotatable bonds is 5. The summed E-state index contributed by atoms with van der Waals surface area (Å²) in [6.45, 7) is 5.01. The van der Waals surface area contributed by atoms with Gasteiger partial charge in [0.1, 0.15) is 22.7 Å². The topological polar surface area (TPSA) is 110 Å². The van der Waals surface area contributed by atoms with Crippen molar-refractivity contribution in [1.29, 1.82) is 0 Å². The van der Waals surface area contributed by atoms with Crippen molar-refractivity contribution in [1.82, 2.24) is 9.97 Å². The highest BCUT2D eigenvalue weighted by Crippen LogP contribution is 2.38. The van der Waals surface area contributed by atoms with Crippen LogP contribution in [0.1, 0.15) is 41.4 Å². The molecule has 0 bridgehead atoms. The van der Waals surface area contributed by atoms with E-state index >= 15 is 0 Å². The summed E-state index contributed by atoms with van der Waals surface area (Å²) in [6.07, 6.45) is 4.96. The molecule has 162 valence electrons. The van der Waals surface area contributed by atoms with E-state index in [2.05, 4.69) is 27.1 Å². The first-order valence-electron chi connectivity index (χ1n) is 10.0. The number of aryl methyl sites for hydroxylation is 1. The molecule has 0 aliphatic carbocycles. The molecule has 1 saturated heterocycles. The van der Waals surface area contributed by atoms with E-state index in [-0.39, 0.29) is 17.3 Å². The number of thiophene rings is 1. The van der Waals surface area contributed by atoms with Crippen LogP contribution in [0.3, 0.4) is 0 Å². The second-order valence-electron chi connectivity index (χ2n) is 7.57. The summed E-state index contributed by atoms with van der Waals surface area (Å²) in [4.78, 5) is 36.2. The molecular weight excluding hydrogens is 418 g/mol. The smallest absolute Gasteiger partial charge is 0.271 e. The standard InChI is InChI=1S/C21H23N5O4S/c1-12-6-4-5-9-25(12)19-17-13(2)18(31-21(17)23-11-22-19)20(27)24-15-10-14(26(28)29)7-8-16(15)30-3/h7-8,10-12H,4-6,9H2,1-3H3,(H,24,27)/t12-/m1/s1. The number of carbonyl (C=O) groups is 1. The molecule has 1 aliphatic rings. The number of nitrogens with zero attached hydrogens (tertiary/aromatic N) is 4. The van der Waals surface area contributed by atoms with Gasteiger partial charge in [-0.1, -0.05) is 0 Å². The average Bonchev–Trinajstić information content (AvgIpc) is 3.11. The minimum Gasteiger partial charge on any atom is -0.495 e. The maximum atomic E-state index is 13.1. The molecule has 1 aliphatic heterocycles. The van der Waals surface area contributed by atoms with Crippen LogP contribution >= 0.6 is 11.3 Å². The third-order valence-electron chi connectivity index (χ3n) is 5.63. The number of non-ortho nitro benzene ring substituents is 1. The van der Waals surface area contributed by atoms with E-state index in [0.29, 0.717) is 16.7 Å². The molecule has 1 fully saturated rings. The number of fused-ring (bicyclic) bond motifs is 1. The van der Waals surface area contributed by atoms with Crippen molar-refractivity contribution in [2.75, 3.05) is 23.9 Å². The normalized spacial score (nSPS) is 16.4. The molecule has 3 aromatic rings. The van der Waals surface area contributed by atoms with E-state index in [9.17, 15) is 14.9 Å². The van der Waals surface area contributed by atoms with E-state index in [1.807, 2.05) is 6.92 Å². The Balaban J connectivity index is 1.72. The third-order valence-corrected chi connectivity index (χ3v) is 6.83. The predicted molar refractivity (Wildman–Crippen MR) is 120 cm³/mol. The Hall–Kier alpha value is -3.27. The monoisotopic (exact) mass is 441 g/mol. The Morgan fingerprint density at radius 3 is 2.87 bits per heavy atom. The van der Waals surface area contributed by atoms with Gasteiger partial charge in [0.15, 0.2) is 0 Å². The van der Waals surface area contributed by atoms with Crippen molar-refractivity contribution in [3.63, 3.8) is 0 Å². The van der Waals surface area contributed by atoms with Gasteiger partial charge in [-0.2, -0.15) is 0 Å². The highest BCUT2D eigenvalue weighted by atomic mass is 32.1. The number of anilines is 2.